The molecule has 3 aromatic rings. The maximum Gasteiger partial charge on any atom is 0.245 e. The molecule has 1 fully saturated rings. The van der Waals surface area contributed by atoms with Gasteiger partial charge in [-0.2, -0.15) is 4.31 Å². The molecule has 1 unspecified atom stereocenters. The van der Waals surface area contributed by atoms with Crippen molar-refractivity contribution >= 4 is 32.5 Å². The first-order chi connectivity index (χ1) is 14.0. The minimum Gasteiger partial charge on any atom is -0.495 e. The third-order valence-corrected chi connectivity index (χ3v) is 6.99. The second-order valence-corrected chi connectivity index (χ2v) is 8.65. The third kappa shape index (κ3) is 3.56. The van der Waals surface area contributed by atoms with Gasteiger partial charge in [-0.15, -0.1) is 0 Å². The quantitative estimate of drug-likeness (QED) is 0.697. The van der Waals surface area contributed by atoms with Crippen LogP contribution in [0.5, 0.6) is 5.75 Å². The molecule has 1 aromatic heterocycles. The van der Waals surface area contributed by atoms with Crippen LogP contribution in [0.25, 0.3) is 10.9 Å². The van der Waals surface area contributed by atoms with Crippen molar-refractivity contribution in [3.63, 3.8) is 0 Å². The number of fused-ring (bicyclic) bond motifs is 1. The van der Waals surface area contributed by atoms with Gasteiger partial charge in [0, 0.05) is 18.1 Å². The van der Waals surface area contributed by atoms with Gasteiger partial charge < -0.3 is 10.1 Å². The molecule has 7 nitrogen and oxygen atoms in total. The Hall–Kier alpha value is -2.97. The zero-order valence-electron chi connectivity index (χ0n) is 15.9. The molecule has 8 heteroatoms. The molecular weight excluding hydrogens is 390 g/mol. The highest BCUT2D eigenvalue weighted by molar-refractivity contribution is 7.89. The molecule has 0 radical (unpaired) electrons. The summed E-state index contributed by atoms with van der Waals surface area (Å²) in [5.74, 6) is 0.148. The fourth-order valence-electron chi connectivity index (χ4n) is 3.66. The Bertz CT molecular complexity index is 1160. The average molecular weight is 411 g/mol. The lowest BCUT2D eigenvalue weighted by Gasteiger charge is -2.24. The van der Waals surface area contributed by atoms with Gasteiger partial charge >= 0.3 is 0 Å². The van der Waals surface area contributed by atoms with Gasteiger partial charge in [0.25, 0.3) is 0 Å². The highest BCUT2D eigenvalue weighted by atomic mass is 32.2. The van der Waals surface area contributed by atoms with E-state index >= 15 is 0 Å². The SMILES string of the molecule is COc1ccccc1NC(=O)C1CCCN1S(=O)(=O)c1cccc2cccnc12. The molecule has 2 heterocycles. The van der Waals surface area contributed by atoms with Gasteiger partial charge in [-0.25, -0.2) is 8.42 Å². The van der Waals surface area contributed by atoms with E-state index in [4.69, 9.17) is 4.74 Å². The van der Waals surface area contributed by atoms with Gasteiger partial charge in [-0.05, 0) is 37.1 Å². The predicted octanol–water partition coefficient (Wildman–Crippen LogP) is 3.04. The number of benzene rings is 2. The Morgan fingerprint density at radius 3 is 2.76 bits per heavy atom. The zero-order valence-corrected chi connectivity index (χ0v) is 16.7. The molecule has 0 bridgehead atoms. The summed E-state index contributed by atoms with van der Waals surface area (Å²) in [7, 11) is -2.37. The van der Waals surface area contributed by atoms with Crippen molar-refractivity contribution in [2.75, 3.05) is 19.0 Å². The average Bonchev–Trinajstić information content (AvgIpc) is 3.25. The first kappa shape index (κ1) is 19.4. The van der Waals surface area contributed by atoms with Crippen LogP contribution in [-0.2, 0) is 14.8 Å². The summed E-state index contributed by atoms with van der Waals surface area (Å²) in [4.78, 5) is 17.3. The molecule has 1 atom stereocenters. The molecule has 150 valence electrons. The van der Waals surface area contributed by atoms with E-state index in [9.17, 15) is 13.2 Å². The lowest BCUT2D eigenvalue weighted by Crippen LogP contribution is -2.43. The van der Waals surface area contributed by atoms with E-state index in [1.807, 2.05) is 12.1 Å². The van der Waals surface area contributed by atoms with E-state index in [1.165, 1.54) is 17.5 Å². The van der Waals surface area contributed by atoms with E-state index in [0.29, 0.717) is 29.8 Å². The van der Waals surface area contributed by atoms with E-state index in [2.05, 4.69) is 10.3 Å². The van der Waals surface area contributed by atoms with Crippen LogP contribution in [0, 0.1) is 0 Å². The Labute approximate surface area is 169 Å². The molecule has 1 aliphatic rings. The number of nitrogens with zero attached hydrogens (tertiary/aromatic N) is 2. The fraction of sp³-hybridized carbons (Fsp3) is 0.238. The van der Waals surface area contributed by atoms with Crippen molar-refractivity contribution in [2.24, 2.45) is 0 Å². The second kappa shape index (κ2) is 7.81. The molecule has 1 amide bonds. The number of hydrogen-bond acceptors (Lipinski definition) is 5. The van der Waals surface area contributed by atoms with Gasteiger partial charge in [0.05, 0.1) is 18.3 Å². The lowest BCUT2D eigenvalue weighted by molar-refractivity contribution is -0.119. The van der Waals surface area contributed by atoms with Gasteiger partial charge in [-0.3, -0.25) is 9.78 Å². The van der Waals surface area contributed by atoms with Crippen molar-refractivity contribution in [3.05, 3.63) is 60.8 Å². The molecule has 4 rings (SSSR count). The number of hydrogen-bond donors (Lipinski definition) is 1. The third-order valence-electron chi connectivity index (χ3n) is 5.05. The number of amides is 1. The second-order valence-electron chi connectivity index (χ2n) is 6.79. The maximum atomic E-state index is 13.4. The summed E-state index contributed by atoms with van der Waals surface area (Å²) in [5, 5.41) is 3.55. The number of carbonyl (C=O) groups excluding carboxylic acids is 1. The van der Waals surface area contributed by atoms with Crippen molar-refractivity contribution in [1.29, 1.82) is 0 Å². The van der Waals surface area contributed by atoms with Crippen molar-refractivity contribution in [2.45, 2.75) is 23.8 Å². The zero-order chi connectivity index (χ0) is 20.4. The van der Waals surface area contributed by atoms with Gasteiger partial charge in [-0.1, -0.05) is 30.3 Å². The number of methoxy groups -OCH3 is 1. The number of rotatable bonds is 5. The van der Waals surface area contributed by atoms with Crippen molar-refractivity contribution < 1.29 is 17.9 Å². The number of aromatic nitrogens is 1. The molecule has 1 aliphatic heterocycles. The number of pyridine rings is 1. The summed E-state index contributed by atoms with van der Waals surface area (Å²) in [6.45, 7) is 0.287. The van der Waals surface area contributed by atoms with Crippen LogP contribution >= 0.6 is 0 Å². The van der Waals surface area contributed by atoms with Crippen LogP contribution in [0.3, 0.4) is 0 Å². The van der Waals surface area contributed by atoms with Crippen LogP contribution in [0.4, 0.5) is 5.69 Å². The Morgan fingerprint density at radius 2 is 1.93 bits per heavy atom. The molecule has 2 aromatic carbocycles. The number of para-hydroxylation sites is 3. The number of ether oxygens (including phenoxy) is 1. The van der Waals surface area contributed by atoms with E-state index in [0.717, 1.165) is 5.39 Å². The minimum absolute atomic E-state index is 0.118. The number of nitrogens with one attached hydrogen (secondary N) is 1. The number of sulfonamides is 1. The van der Waals surface area contributed by atoms with Gasteiger partial charge in [0.2, 0.25) is 15.9 Å². The van der Waals surface area contributed by atoms with Crippen molar-refractivity contribution in [3.8, 4) is 5.75 Å². The Morgan fingerprint density at radius 1 is 1.14 bits per heavy atom. The monoisotopic (exact) mass is 411 g/mol. The highest BCUT2D eigenvalue weighted by Crippen LogP contribution is 2.31. The largest absolute Gasteiger partial charge is 0.495 e. The maximum absolute atomic E-state index is 13.4. The Kier molecular flexibility index (Phi) is 5.21. The Balaban J connectivity index is 1.66. The fourth-order valence-corrected chi connectivity index (χ4v) is 5.49. The van der Waals surface area contributed by atoms with E-state index in [1.54, 1.807) is 42.6 Å². The molecular formula is C21H21N3O4S. The molecule has 1 saturated heterocycles. The summed E-state index contributed by atoms with van der Waals surface area (Å²) in [6.07, 6.45) is 2.64. The van der Waals surface area contributed by atoms with Crippen LogP contribution < -0.4 is 10.1 Å². The smallest absolute Gasteiger partial charge is 0.245 e. The predicted molar refractivity (Wildman–Crippen MR) is 110 cm³/mol. The number of anilines is 1. The lowest BCUT2D eigenvalue weighted by atomic mass is 10.2. The van der Waals surface area contributed by atoms with E-state index in [-0.39, 0.29) is 17.3 Å². The summed E-state index contributed by atoms with van der Waals surface area (Å²) >= 11 is 0. The van der Waals surface area contributed by atoms with Crippen molar-refractivity contribution in [1.82, 2.24) is 9.29 Å². The normalized spacial score (nSPS) is 17.3. The molecule has 0 saturated carbocycles. The highest BCUT2D eigenvalue weighted by Gasteiger charge is 2.40. The van der Waals surface area contributed by atoms with Crippen LogP contribution in [0.2, 0.25) is 0 Å². The minimum atomic E-state index is -3.89. The van der Waals surface area contributed by atoms with Gasteiger partial charge in [0.15, 0.2) is 0 Å². The summed E-state index contributed by atoms with van der Waals surface area (Å²) in [5.41, 5.74) is 0.918. The first-order valence-electron chi connectivity index (χ1n) is 9.32. The molecule has 1 N–H and O–H groups in total. The summed E-state index contributed by atoms with van der Waals surface area (Å²) < 4.78 is 33.4. The molecule has 0 aliphatic carbocycles. The summed E-state index contributed by atoms with van der Waals surface area (Å²) in [6, 6.07) is 14.9. The van der Waals surface area contributed by atoms with Gasteiger partial charge in [0.1, 0.15) is 16.7 Å². The van der Waals surface area contributed by atoms with Crippen LogP contribution in [-0.4, -0.2) is 43.3 Å². The molecule has 29 heavy (non-hydrogen) atoms. The van der Waals surface area contributed by atoms with Crippen LogP contribution in [0.15, 0.2) is 65.7 Å². The standard InChI is InChI=1S/C21H21N3O4S/c1-28-18-11-3-2-9-16(18)23-21(25)17-10-6-14-24(17)29(26,27)19-12-4-7-15-8-5-13-22-20(15)19/h2-5,7-9,11-13,17H,6,10,14H2,1H3,(H,23,25). The molecule has 0 spiro atoms. The topological polar surface area (TPSA) is 88.6 Å². The number of carbonyl (C=O) groups is 1. The van der Waals surface area contributed by atoms with E-state index < -0.39 is 16.1 Å². The first-order valence-corrected chi connectivity index (χ1v) is 10.8. The van der Waals surface area contributed by atoms with Crippen LogP contribution in [0.1, 0.15) is 12.8 Å².